The van der Waals surface area contributed by atoms with E-state index < -0.39 is 0 Å². The zero-order chi connectivity index (χ0) is 6.85. The molecule has 0 aromatic rings. The van der Waals surface area contributed by atoms with Crippen LogP contribution in [0.15, 0.2) is 0 Å². The fourth-order valence-electron chi connectivity index (χ4n) is 1.25. The molecule has 0 aromatic heterocycles. The minimum Gasteiger partial charge on any atom is -0.299 e. The maximum atomic E-state index is 10.8. The second-order valence-electron chi connectivity index (χ2n) is 2.52. The second kappa shape index (κ2) is 2.56. The van der Waals surface area contributed by atoms with Gasteiger partial charge in [0, 0.05) is 10.8 Å². The number of thiocarbonyl (C=S) groups is 1. The molecule has 1 aliphatic carbocycles. The van der Waals surface area contributed by atoms with Crippen molar-refractivity contribution in [1.82, 2.24) is 0 Å². The van der Waals surface area contributed by atoms with Crippen molar-refractivity contribution in [2.24, 2.45) is 5.92 Å². The van der Waals surface area contributed by atoms with Gasteiger partial charge in [-0.2, -0.15) is 0 Å². The van der Waals surface area contributed by atoms with Crippen molar-refractivity contribution in [2.75, 3.05) is 0 Å². The van der Waals surface area contributed by atoms with E-state index in [0.717, 1.165) is 24.1 Å². The molecule has 2 heteroatoms. The number of Topliss-reactive ketones (excluding diaryl/α,β-unsaturated/α-hetero) is 1. The lowest BCUT2D eigenvalue weighted by Crippen LogP contribution is -2.13. The van der Waals surface area contributed by atoms with Gasteiger partial charge in [-0.05, 0) is 26.2 Å². The topological polar surface area (TPSA) is 17.1 Å². The first-order chi connectivity index (χ1) is 4.22. The predicted octanol–water partition coefficient (Wildman–Crippen LogP) is 1.75. The van der Waals surface area contributed by atoms with E-state index in [1.807, 2.05) is 0 Å². The average Bonchev–Trinajstić information content (AvgIpc) is 2.13. The lowest BCUT2D eigenvalue weighted by molar-refractivity contribution is -0.118. The summed E-state index contributed by atoms with van der Waals surface area (Å²) in [4.78, 5) is 11.7. The Balaban J connectivity index is 2.60. The molecule has 9 heavy (non-hydrogen) atoms. The molecule has 1 nitrogen and oxygen atoms in total. The van der Waals surface area contributed by atoms with Crippen molar-refractivity contribution < 1.29 is 4.79 Å². The van der Waals surface area contributed by atoms with Crippen molar-refractivity contribution in [3.8, 4) is 0 Å². The molecular formula is C7H10OS. The van der Waals surface area contributed by atoms with Gasteiger partial charge in [0.1, 0.15) is 5.78 Å². The summed E-state index contributed by atoms with van der Waals surface area (Å²) in [6.07, 6.45) is 3.09. The molecule has 1 unspecified atom stereocenters. The van der Waals surface area contributed by atoms with Gasteiger partial charge in [0.25, 0.3) is 0 Å². The highest BCUT2D eigenvalue weighted by Crippen LogP contribution is 2.23. The van der Waals surface area contributed by atoms with Crippen LogP contribution >= 0.6 is 12.2 Å². The van der Waals surface area contributed by atoms with Crippen molar-refractivity contribution >= 4 is 22.9 Å². The minimum absolute atomic E-state index is 0.125. The molecule has 0 bridgehead atoms. The number of carbonyl (C=O) groups is 1. The van der Waals surface area contributed by atoms with E-state index in [2.05, 4.69) is 0 Å². The Kier molecular flexibility index (Phi) is 1.96. The van der Waals surface area contributed by atoms with Crippen LogP contribution in [0.1, 0.15) is 26.2 Å². The van der Waals surface area contributed by atoms with Gasteiger partial charge in [-0.25, -0.2) is 0 Å². The predicted molar refractivity (Wildman–Crippen MR) is 40.6 cm³/mol. The maximum Gasteiger partial charge on any atom is 0.137 e. The average molecular weight is 142 g/mol. The molecule has 1 atom stereocenters. The smallest absolute Gasteiger partial charge is 0.137 e. The Bertz CT molecular complexity index is 151. The Hall–Kier alpha value is -0.240. The third-order valence-corrected chi connectivity index (χ3v) is 2.28. The van der Waals surface area contributed by atoms with Gasteiger partial charge in [0.2, 0.25) is 0 Å². The monoisotopic (exact) mass is 142 g/mol. The molecule has 0 aromatic carbocycles. The van der Waals surface area contributed by atoms with Crippen LogP contribution in [0.5, 0.6) is 0 Å². The summed E-state index contributed by atoms with van der Waals surface area (Å²) in [5.41, 5.74) is 0. The van der Waals surface area contributed by atoms with Gasteiger partial charge < -0.3 is 0 Å². The number of hydrogen-bond donors (Lipinski definition) is 0. The lowest BCUT2D eigenvalue weighted by atomic mass is 10.0. The van der Waals surface area contributed by atoms with Gasteiger partial charge in [0.05, 0.1) is 0 Å². The summed E-state index contributed by atoms with van der Waals surface area (Å²) in [6, 6.07) is 0. The molecule has 0 aliphatic heterocycles. The molecule has 50 valence electrons. The molecule has 0 heterocycles. The third-order valence-electron chi connectivity index (χ3n) is 1.80. The Labute approximate surface area is 60.4 Å². The van der Waals surface area contributed by atoms with Gasteiger partial charge >= 0.3 is 0 Å². The quantitative estimate of drug-likeness (QED) is 0.519. The molecule has 0 N–H and O–H groups in total. The van der Waals surface area contributed by atoms with Crippen LogP contribution in [-0.2, 0) is 4.79 Å². The van der Waals surface area contributed by atoms with E-state index in [1.54, 1.807) is 6.92 Å². The van der Waals surface area contributed by atoms with Crippen molar-refractivity contribution in [3.05, 3.63) is 0 Å². The molecule has 1 fully saturated rings. The third kappa shape index (κ3) is 1.36. The van der Waals surface area contributed by atoms with Gasteiger partial charge in [-0.3, -0.25) is 4.79 Å². The van der Waals surface area contributed by atoms with E-state index >= 15 is 0 Å². The SMILES string of the molecule is CC(=O)C1CCCC1=S. The molecule has 0 saturated heterocycles. The minimum atomic E-state index is 0.125. The number of ketones is 1. The van der Waals surface area contributed by atoms with E-state index in [4.69, 9.17) is 12.2 Å². The zero-order valence-corrected chi connectivity index (χ0v) is 6.33. The van der Waals surface area contributed by atoms with Crippen LogP contribution in [0.25, 0.3) is 0 Å². The standard InChI is InChI=1S/C7H10OS/c1-5(8)6-3-2-4-7(6)9/h6H,2-4H2,1H3. The van der Waals surface area contributed by atoms with Crippen molar-refractivity contribution in [3.63, 3.8) is 0 Å². The first-order valence-electron chi connectivity index (χ1n) is 3.25. The van der Waals surface area contributed by atoms with Gasteiger partial charge in [-0.1, -0.05) is 12.2 Å². The van der Waals surface area contributed by atoms with Crippen LogP contribution in [0.3, 0.4) is 0 Å². The van der Waals surface area contributed by atoms with Crippen molar-refractivity contribution in [1.29, 1.82) is 0 Å². The van der Waals surface area contributed by atoms with Crippen LogP contribution in [-0.4, -0.2) is 10.6 Å². The van der Waals surface area contributed by atoms with Gasteiger partial charge in [0.15, 0.2) is 0 Å². The Morgan fingerprint density at radius 1 is 1.78 bits per heavy atom. The zero-order valence-electron chi connectivity index (χ0n) is 5.52. The molecule has 1 rings (SSSR count). The summed E-state index contributed by atoms with van der Waals surface area (Å²) in [6.45, 7) is 1.63. The fourth-order valence-corrected chi connectivity index (χ4v) is 1.67. The molecule has 0 spiro atoms. The first-order valence-corrected chi connectivity index (χ1v) is 3.66. The molecule has 0 radical (unpaired) electrons. The highest BCUT2D eigenvalue weighted by atomic mass is 32.1. The van der Waals surface area contributed by atoms with E-state index in [9.17, 15) is 4.79 Å². The van der Waals surface area contributed by atoms with E-state index in [1.165, 1.54) is 0 Å². The second-order valence-corrected chi connectivity index (χ2v) is 3.05. The molecule has 0 amide bonds. The molecule has 1 saturated carbocycles. The normalized spacial score (nSPS) is 26.8. The van der Waals surface area contributed by atoms with Crippen LogP contribution in [0, 0.1) is 5.92 Å². The van der Waals surface area contributed by atoms with Gasteiger partial charge in [-0.15, -0.1) is 0 Å². The number of hydrogen-bond acceptors (Lipinski definition) is 2. The van der Waals surface area contributed by atoms with E-state index in [0.29, 0.717) is 0 Å². The summed E-state index contributed by atoms with van der Waals surface area (Å²) in [5.74, 6) is 0.373. The summed E-state index contributed by atoms with van der Waals surface area (Å²) < 4.78 is 0. The Morgan fingerprint density at radius 2 is 2.44 bits per heavy atom. The largest absolute Gasteiger partial charge is 0.299 e. The van der Waals surface area contributed by atoms with Crippen LogP contribution < -0.4 is 0 Å². The number of rotatable bonds is 1. The fraction of sp³-hybridized carbons (Fsp3) is 0.714. The van der Waals surface area contributed by atoms with E-state index in [-0.39, 0.29) is 11.7 Å². The summed E-state index contributed by atoms with van der Waals surface area (Å²) >= 11 is 5.00. The first kappa shape index (κ1) is 6.87. The van der Waals surface area contributed by atoms with Crippen LogP contribution in [0.4, 0.5) is 0 Å². The molecule has 1 aliphatic rings. The highest BCUT2D eigenvalue weighted by molar-refractivity contribution is 7.80. The summed E-state index contributed by atoms with van der Waals surface area (Å²) in [7, 11) is 0. The van der Waals surface area contributed by atoms with Crippen LogP contribution in [0.2, 0.25) is 0 Å². The Morgan fingerprint density at radius 3 is 2.67 bits per heavy atom. The highest BCUT2D eigenvalue weighted by Gasteiger charge is 2.24. The lowest BCUT2D eigenvalue weighted by Gasteiger charge is -2.01. The number of carbonyl (C=O) groups excluding carboxylic acids is 1. The summed E-state index contributed by atoms with van der Waals surface area (Å²) in [5, 5.41) is 0. The molecular weight excluding hydrogens is 132 g/mol. The maximum absolute atomic E-state index is 10.8. The van der Waals surface area contributed by atoms with Crippen molar-refractivity contribution in [2.45, 2.75) is 26.2 Å².